The van der Waals surface area contributed by atoms with E-state index in [1.807, 2.05) is 6.07 Å². The van der Waals surface area contributed by atoms with Crippen LogP contribution in [0.1, 0.15) is 0 Å². The van der Waals surface area contributed by atoms with Gasteiger partial charge in [0.2, 0.25) is 0 Å². The predicted molar refractivity (Wildman–Crippen MR) is 61.1 cm³/mol. The van der Waals surface area contributed by atoms with Crippen molar-refractivity contribution < 1.29 is 0 Å². The molecule has 0 radical (unpaired) electrons. The van der Waals surface area contributed by atoms with Crippen molar-refractivity contribution in [3.05, 3.63) is 52.9 Å². The second kappa shape index (κ2) is 3.34. The van der Waals surface area contributed by atoms with Crippen LogP contribution in [-0.2, 0) is 0 Å². The zero-order valence-electron chi connectivity index (χ0n) is 8.29. The lowest BCUT2D eigenvalue weighted by atomic mass is 10.2. The Balaban J connectivity index is 2.65. The molecule has 0 aliphatic rings. The lowest BCUT2D eigenvalue weighted by Crippen LogP contribution is -2.01. The normalized spacial score (nSPS) is 10.8. The monoisotopic (exact) mass is 209 g/mol. The fraction of sp³-hybridized carbons (Fsp3) is 0. The van der Waals surface area contributed by atoms with Gasteiger partial charge in [0.1, 0.15) is 5.52 Å². The molecule has 0 fully saturated rings. The third-order valence-corrected chi connectivity index (χ3v) is 2.35. The fourth-order valence-corrected chi connectivity index (χ4v) is 1.60. The van der Waals surface area contributed by atoms with E-state index in [-0.39, 0.29) is 5.56 Å². The Labute approximate surface area is 90.6 Å². The van der Waals surface area contributed by atoms with E-state index in [1.54, 1.807) is 36.5 Å². The summed E-state index contributed by atoms with van der Waals surface area (Å²) in [5, 5.41) is 0.514. The number of fused-ring (bicyclic) bond motifs is 2. The summed E-state index contributed by atoms with van der Waals surface area (Å²) in [4.78, 5) is 24.2. The van der Waals surface area contributed by atoms with Gasteiger partial charge in [0.25, 0.3) is 5.56 Å². The minimum absolute atomic E-state index is 0.272. The van der Waals surface area contributed by atoms with Crippen molar-refractivity contribution in [2.24, 2.45) is 0 Å². The molecule has 3 aromatic rings. The maximum Gasteiger partial charge on any atom is 0.279 e. The second-order valence-electron chi connectivity index (χ2n) is 3.39. The van der Waals surface area contributed by atoms with Crippen molar-refractivity contribution in [1.29, 1.82) is 0 Å². The SMILES string of the molecule is O=c1nc2cccnc2nc2ccccc12. The molecule has 0 N–H and O–H groups in total. The number of aromatic nitrogens is 3. The summed E-state index contributed by atoms with van der Waals surface area (Å²) in [5.41, 5.74) is 1.35. The first kappa shape index (κ1) is 8.91. The van der Waals surface area contributed by atoms with Crippen molar-refractivity contribution in [2.45, 2.75) is 0 Å². The van der Waals surface area contributed by atoms with Gasteiger partial charge in [0.05, 0.1) is 10.9 Å². The first-order valence-electron chi connectivity index (χ1n) is 4.86. The highest BCUT2D eigenvalue weighted by Crippen LogP contribution is 2.08. The Morgan fingerprint density at radius 3 is 2.62 bits per heavy atom. The maximum absolute atomic E-state index is 11.8. The van der Waals surface area contributed by atoms with Gasteiger partial charge in [-0.3, -0.25) is 4.79 Å². The Morgan fingerprint density at radius 2 is 1.69 bits per heavy atom. The third-order valence-electron chi connectivity index (χ3n) is 2.35. The highest BCUT2D eigenvalue weighted by molar-refractivity contribution is 5.82. The molecule has 0 atom stereocenters. The van der Waals surface area contributed by atoms with E-state index >= 15 is 0 Å². The molecule has 76 valence electrons. The highest BCUT2D eigenvalue weighted by atomic mass is 16.1. The van der Waals surface area contributed by atoms with Gasteiger partial charge in [-0.15, -0.1) is 0 Å². The summed E-state index contributed by atoms with van der Waals surface area (Å²) >= 11 is 0. The maximum atomic E-state index is 11.8. The number of rotatable bonds is 0. The molecule has 0 unspecified atom stereocenters. The van der Waals surface area contributed by atoms with E-state index in [4.69, 9.17) is 0 Å². The van der Waals surface area contributed by atoms with Gasteiger partial charge in [0.15, 0.2) is 5.65 Å². The van der Waals surface area contributed by atoms with Gasteiger partial charge in [0, 0.05) is 6.20 Å². The molecular weight excluding hydrogens is 202 g/mol. The molecule has 4 heteroatoms. The zero-order valence-corrected chi connectivity index (χ0v) is 8.29. The van der Waals surface area contributed by atoms with Crippen LogP contribution in [0.5, 0.6) is 0 Å². The van der Waals surface area contributed by atoms with Crippen LogP contribution in [-0.4, -0.2) is 15.0 Å². The molecular formula is C12H7N3O. The van der Waals surface area contributed by atoms with Crippen molar-refractivity contribution >= 4 is 22.1 Å². The van der Waals surface area contributed by atoms with E-state index in [0.29, 0.717) is 22.1 Å². The molecule has 0 amide bonds. The van der Waals surface area contributed by atoms with Gasteiger partial charge in [-0.05, 0) is 24.3 Å². The molecule has 2 aromatic heterocycles. The molecule has 0 saturated heterocycles. The van der Waals surface area contributed by atoms with Crippen molar-refractivity contribution in [3.63, 3.8) is 0 Å². The molecule has 1 aromatic carbocycles. The average molecular weight is 209 g/mol. The number of pyridine rings is 1. The summed E-state index contributed by atoms with van der Waals surface area (Å²) in [5.74, 6) is 0. The number of nitrogens with zero attached hydrogens (tertiary/aromatic N) is 3. The van der Waals surface area contributed by atoms with Crippen molar-refractivity contribution in [1.82, 2.24) is 15.0 Å². The van der Waals surface area contributed by atoms with Crippen LogP contribution in [0.3, 0.4) is 0 Å². The molecule has 2 heterocycles. The zero-order chi connectivity index (χ0) is 11.0. The standard InChI is InChI=1S/C12H7N3O/c16-12-8-4-1-2-5-9(8)14-11-10(15-12)6-3-7-13-11/h1-7H. The van der Waals surface area contributed by atoms with Crippen LogP contribution in [0.25, 0.3) is 22.1 Å². The van der Waals surface area contributed by atoms with E-state index in [0.717, 1.165) is 0 Å². The lowest BCUT2D eigenvalue weighted by Gasteiger charge is -1.87. The fourth-order valence-electron chi connectivity index (χ4n) is 1.60. The van der Waals surface area contributed by atoms with Crippen LogP contribution in [0.15, 0.2) is 47.4 Å². The van der Waals surface area contributed by atoms with E-state index < -0.39 is 0 Å². The molecule has 0 spiro atoms. The van der Waals surface area contributed by atoms with Gasteiger partial charge in [-0.1, -0.05) is 12.1 Å². The van der Waals surface area contributed by atoms with E-state index in [9.17, 15) is 4.79 Å². The minimum atomic E-state index is -0.272. The third kappa shape index (κ3) is 1.32. The Kier molecular flexibility index (Phi) is 1.86. The van der Waals surface area contributed by atoms with E-state index in [1.165, 1.54) is 0 Å². The Hall–Kier alpha value is -2.36. The molecule has 4 nitrogen and oxygen atoms in total. The predicted octanol–water partition coefficient (Wildman–Crippen LogP) is 1.54. The van der Waals surface area contributed by atoms with Gasteiger partial charge in [-0.25, -0.2) is 15.0 Å². The number of hydrogen-bond acceptors (Lipinski definition) is 4. The molecule has 0 bridgehead atoms. The summed E-state index contributed by atoms with van der Waals surface area (Å²) < 4.78 is 0. The number of para-hydroxylation sites is 1. The number of hydrogen-bond donors (Lipinski definition) is 0. The van der Waals surface area contributed by atoms with Crippen LogP contribution in [0, 0.1) is 0 Å². The summed E-state index contributed by atoms with van der Waals surface area (Å²) in [6, 6.07) is 10.6. The summed E-state index contributed by atoms with van der Waals surface area (Å²) in [6.45, 7) is 0. The van der Waals surface area contributed by atoms with Crippen LogP contribution in [0.4, 0.5) is 0 Å². The van der Waals surface area contributed by atoms with Crippen LogP contribution < -0.4 is 5.56 Å². The van der Waals surface area contributed by atoms with Gasteiger partial charge >= 0.3 is 0 Å². The first-order valence-corrected chi connectivity index (χ1v) is 4.86. The Morgan fingerprint density at radius 1 is 0.875 bits per heavy atom. The van der Waals surface area contributed by atoms with Crippen LogP contribution in [0.2, 0.25) is 0 Å². The average Bonchev–Trinajstić information content (AvgIpc) is 2.45. The molecule has 0 aliphatic carbocycles. The second-order valence-corrected chi connectivity index (χ2v) is 3.39. The molecule has 0 aliphatic heterocycles. The Bertz CT molecular complexity index is 740. The van der Waals surface area contributed by atoms with E-state index in [2.05, 4.69) is 15.0 Å². The molecule has 16 heavy (non-hydrogen) atoms. The van der Waals surface area contributed by atoms with Gasteiger partial charge in [-0.2, -0.15) is 0 Å². The largest absolute Gasteiger partial charge is 0.279 e. The molecule has 3 rings (SSSR count). The van der Waals surface area contributed by atoms with Crippen LogP contribution >= 0.6 is 0 Å². The summed E-state index contributed by atoms with van der Waals surface area (Å²) in [6.07, 6.45) is 1.64. The van der Waals surface area contributed by atoms with Gasteiger partial charge < -0.3 is 0 Å². The highest BCUT2D eigenvalue weighted by Gasteiger charge is 2.01. The first-order chi connectivity index (χ1) is 7.84. The quantitative estimate of drug-likeness (QED) is 0.563. The van der Waals surface area contributed by atoms with Crippen molar-refractivity contribution in [3.8, 4) is 0 Å². The topological polar surface area (TPSA) is 55.7 Å². The minimum Gasteiger partial charge on any atom is -0.267 e. The molecule has 0 saturated carbocycles. The smallest absolute Gasteiger partial charge is 0.267 e. The number of benzene rings is 1. The summed E-state index contributed by atoms with van der Waals surface area (Å²) in [7, 11) is 0. The van der Waals surface area contributed by atoms with Crippen molar-refractivity contribution in [2.75, 3.05) is 0 Å². The lowest BCUT2D eigenvalue weighted by molar-refractivity contribution is 1.29.